The summed E-state index contributed by atoms with van der Waals surface area (Å²) >= 11 is 0. The van der Waals surface area contributed by atoms with Crippen LogP contribution in [0.25, 0.3) is 0 Å². The predicted molar refractivity (Wildman–Crippen MR) is 122 cm³/mol. The molecular formula is C24H33N3O4. The van der Waals surface area contributed by atoms with Crippen molar-refractivity contribution >= 4 is 11.6 Å². The van der Waals surface area contributed by atoms with Gasteiger partial charge in [0.05, 0.1) is 27.4 Å². The SMILES string of the molecule is COc1cccc(NC(=O)[C@@H](C)N2CCN(Cc3cc(OC)c(OC)cc3C)CC2)c1. The first-order valence-corrected chi connectivity index (χ1v) is 10.6. The Hall–Kier alpha value is -2.77. The third kappa shape index (κ3) is 5.68. The Kier molecular flexibility index (Phi) is 7.76. The molecule has 7 nitrogen and oxygen atoms in total. The van der Waals surface area contributed by atoms with Crippen molar-refractivity contribution in [2.45, 2.75) is 26.4 Å². The van der Waals surface area contributed by atoms with Gasteiger partial charge in [0.2, 0.25) is 5.91 Å². The van der Waals surface area contributed by atoms with E-state index in [1.54, 1.807) is 21.3 Å². The minimum atomic E-state index is -0.198. The molecule has 1 fully saturated rings. The Bertz CT molecular complexity index is 894. The fraction of sp³-hybridized carbons (Fsp3) is 0.458. The van der Waals surface area contributed by atoms with Crippen molar-refractivity contribution in [3.05, 3.63) is 47.5 Å². The maximum atomic E-state index is 12.7. The number of nitrogens with one attached hydrogen (secondary N) is 1. The molecule has 3 rings (SSSR count). The molecular weight excluding hydrogens is 394 g/mol. The molecule has 0 aliphatic carbocycles. The van der Waals surface area contributed by atoms with Gasteiger partial charge in [0.1, 0.15) is 5.75 Å². The van der Waals surface area contributed by atoms with Crippen molar-refractivity contribution in [1.29, 1.82) is 0 Å². The Morgan fingerprint density at radius 2 is 1.68 bits per heavy atom. The number of ether oxygens (including phenoxy) is 3. The minimum absolute atomic E-state index is 0.00237. The Balaban J connectivity index is 1.54. The summed E-state index contributed by atoms with van der Waals surface area (Å²) in [5.41, 5.74) is 3.17. The van der Waals surface area contributed by atoms with Gasteiger partial charge in [-0.15, -0.1) is 0 Å². The van der Waals surface area contributed by atoms with Crippen LogP contribution in [0.1, 0.15) is 18.1 Å². The average molecular weight is 428 g/mol. The van der Waals surface area contributed by atoms with Crippen molar-refractivity contribution in [2.75, 3.05) is 52.8 Å². The van der Waals surface area contributed by atoms with Crippen molar-refractivity contribution < 1.29 is 19.0 Å². The first kappa shape index (κ1) is 22.9. The summed E-state index contributed by atoms with van der Waals surface area (Å²) in [4.78, 5) is 17.4. The zero-order chi connectivity index (χ0) is 22.4. The van der Waals surface area contributed by atoms with Crippen LogP contribution in [0.5, 0.6) is 17.2 Å². The Morgan fingerprint density at radius 3 is 2.32 bits per heavy atom. The lowest BCUT2D eigenvalue weighted by molar-refractivity contribution is -0.121. The third-order valence-electron chi connectivity index (χ3n) is 5.91. The summed E-state index contributed by atoms with van der Waals surface area (Å²) in [7, 11) is 4.93. The summed E-state index contributed by atoms with van der Waals surface area (Å²) in [6, 6.07) is 11.3. The molecule has 7 heteroatoms. The molecule has 0 spiro atoms. The van der Waals surface area contributed by atoms with Gasteiger partial charge in [-0.3, -0.25) is 14.6 Å². The van der Waals surface area contributed by atoms with Crippen LogP contribution in [0.3, 0.4) is 0 Å². The van der Waals surface area contributed by atoms with Gasteiger partial charge in [0, 0.05) is 44.5 Å². The zero-order valence-electron chi connectivity index (χ0n) is 19.1. The Morgan fingerprint density at radius 1 is 1.00 bits per heavy atom. The normalized spacial score (nSPS) is 15.9. The number of carbonyl (C=O) groups excluding carboxylic acids is 1. The molecule has 2 aromatic rings. The summed E-state index contributed by atoms with van der Waals surface area (Å²) in [6.45, 7) is 8.42. The number of benzene rings is 2. The smallest absolute Gasteiger partial charge is 0.241 e. The van der Waals surface area contributed by atoms with E-state index in [9.17, 15) is 4.79 Å². The molecule has 31 heavy (non-hydrogen) atoms. The topological polar surface area (TPSA) is 63.3 Å². The van der Waals surface area contributed by atoms with E-state index in [0.29, 0.717) is 0 Å². The maximum Gasteiger partial charge on any atom is 0.241 e. The molecule has 1 atom stereocenters. The largest absolute Gasteiger partial charge is 0.497 e. The molecule has 1 aliphatic rings. The van der Waals surface area contributed by atoms with Crippen molar-refractivity contribution in [2.24, 2.45) is 0 Å². The monoisotopic (exact) mass is 427 g/mol. The first-order chi connectivity index (χ1) is 14.9. The lowest BCUT2D eigenvalue weighted by atomic mass is 10.1. The van der Waals surface area contributed by atoms with E-state index >= 15 is 0 Å². The van der Waals surface area contributed by atoms with Crippen molar-refractivity contribution in [1.82, 2.24) is 9.80 Å². The molecule has 0 saturated carbocycles. The van der Waals surface area contributed by atoms with Crippen LogP contribution in [0, 0.1) is 6.92 Å². The van der Waals surface area contributed by atoms with Gasteiger partial charge in [-0.05, 0) is 49.2 Å². The lowest BCUT2D eigenvalue weighted by Crippen LogP contribution is -2.52. The Labute approximate surface area is 184 Å². The molecule has 0 bridgehead atoms. The lowest BCUT2D eigenvalue weighted by Gasteiger charge is -2.37. The van der Waals surface area contributed by atoms with Crippen LogP contribution in [-0.4, -0.2) is 69.3 Å². The van der Waals surface area contributed by atoms with Gasteiger partial charge in [-0.25, -0.2) is 0 Å². The maximum absolute atomic E-state index is 12.7. The number of methoxy groups -OCH3 is 3. The highest BCUT2D eigenvalue weighted by Gasteiger charge is 2.26. The summed E-state index contributed by atoms with van der Waals surface area (Å²) in [5, 5.41) is 3.00. The molecule has 0 radical (unpaired) electrons. The van der Waals surface area contributed by atoms with E-state index in [1.807, 2.05) is 37.3 Å². The zero-order valence-corrected chi connectivity index (χ0v) is 19.1. The van der Waals surface area contributed by atoms with Gasteiger partial charge in [0.25, 0.3) is 0 Å². The van der Waals surface area contributed by atoms with E-state index in [4.69, 9.17) is 14.2 Å². The summed E-state index contributed by atoms with van der Waals surface area (Å²) in [5.74, 6) is 2.23. The average Bonchev–Trinajstić information content (AvgIpc) is 2.80. The highest BCUT2D eigenvalue weighted by Crippen LogP contribution is 2.31. The summed E-state index contributed by atoms with van der Waals surface area (Å²) in [6.07, 6.45) is 0. The molecule has 2 aromatic carbocycles. The molecule has 1 N–H and O–H groups in total. The van der Waals surface area contributed by atoms with E-state index in [1.165, 1.54) is 11.1 Å². The number of rotatable bonds is 8. The van der Waals surface area contributed by atoms with Gasteiger partial charge in [-0.1, -0.05) is 6.07 Å². The predicted octanol–water partition coefficient (Wildman–Crippen LogP) is 3.17. The number of nitrogens with zero attached hydrogens (tertiary/aromatic N) is 2. The van der Waals surface area contributed by atoms with Crippen LogP contribution in [0.4, 0.5) is 5.69 Å². The number of aryl methyl sites for hydroxylation is 1. The van der Waals surface area contributed by atoms with E-state index in [0.717, 1.165) is 55.7 Å². The number of piperazine rings is 1. The third-order valence-corrected chi connectivity index (χ3v) is 5.91. The van der Waals surface area contributed by atoms with Gasteiger partial charge < -0.3 is 19.5 Å². The number of amides is 1. The number of hydrogen-bond donors (Lipinski definition) is 1. The van der Waals surface area contributed by atoms with Gasteiger partial charge in [0.15, 0.2) is 11.5 Å². The first-order valence-electron chi connectivity index (χ1n) is 10.6. The van der Waals surface area contributed by atoms with E-state index < -0.39 is 0 Å². The van der Waals surface area contributed by atoms with Gasteiger partial charge in [-0.2, -0.15) is 0 Å². The standard InChI is InChI=1S/C24H33N3O4/c1-17-13-22(30-4)23(31-5)14-19(17)16-26-9-11-27(12-10-26)18(2)24(28)25-20-7-6-8-21(15-20)29-3/h6-8,13-15,18H,9-12,16H2,1-5H3,(H,25,28)/t18-/m1/s1. The van der Waals surface area contributed by atoms with Crippen LogP contribution in [0.2, 0.25) is 0 Å². The quantitative estimate of drug-likeness (QED) is 0.698. The van der Waals surface area contributed by atoms with E-state index in [2.05, 4.69) is 28.1 Å². The fourth-order valence-electron chi connectivity index (χ4n) is 3.86. The second kappa shape index (κ2) is 10.5. The van der Waals surface area contributed by atoms with Crippen LogP contribution >= 0.6 is 0 Å². The fourth-order valence-corrected chi connectivity index (χ4v) is 3.86. The molecule has 1 aliphatic heterocycles. The highest BCUT2D eigenvalue weighted by atomic mass is 16.5. The molecule has 0 unspecified atom stereocenters. The van der Waals surface area contributed by atoms with Crippen molar-refractivity contribution in [3.63, 3.8) is 0 Å². The number of hydrogen-bond acceptors (Lipinski definition) is 6. The molecule has 168 valence electrons. The molecule has 1 saturated heterocycles. The number of carbonyl (C=O) groups is 1. The molecule has 0 aromatic heterocycles. The van der Waals surface area contributed by atoms with Crippen LogP contribution in [-0.2, 0) is 11.3 Å². The number of anilines is 1. The van der Waals surface area contributed by atoms with Crippen LogP contribution in [0.15, 0.2) is 36.4 Å². The van der Waals surface area contributed by atoms with Crippen LogP contribution < -0.4 is 19.5 Å². The molecule has 1 amide bonds. The highest BCUT2D eigenvalue weighted by molar-refractivity contribution is 5.94. The van der Waals surface area contributed by atoms with Gasteiger partial charge >= 0.3 is 0 Å². The second-order valence-corrected chi connectivity index (χ2v) is 7.84. The van der Waals surface area contributed by atoms with E-state index in [-0.39, 0.29) is 11.9 Å². The second-order valence-electron chi connectivity index (χ2n) is 7.84. The van der Waals surface area contributed by atoms with Crippen molar-refractivity contribution in [3.8, 4) is 17.2 Å². The minimum Gasteiger partial charge on any atom is -0.497 e. The summed E-state index contributed by atoms with van der Waals surface area (Å²) < 4.78 is 16.1. The molecule has 1 heterocycles.